The van der Waals surface area contributed by atoms with Gasteiger partial charge in [-0.1, -0.05) is 22.5 Å². The number of aromatic hydroxyl groups is 1. The number of para-hydroxylation sites is 1. The number of benzene rings is 1. The van der Waals surface area contributed by atoms with Gasteiger partial charge in [0.15, 0.2) is 5.75 Å². The number of hydrogen-bond donors (Lipinski definition) is 2. The van der Waals surface area contributed by atoms with E-state index in [9.17, 15) is 18.3 Å². The summed E-state index contributed by atoms with van der Waals surface area (Å²) in [6.45, 7) is 0. The SMILES string of the molecule is Nc1c(O)cccc1Oc1nnc(C(F)(F)F)s1. The van der Waals surface area contributed by atoms with Crippen LogP contribution in [0.4, 0.5) is 18.9 Å². The third-order valence-electron chi connectivity index (χ3n) is 1.89. The number of phenolic OH excluding ortho intramolecular Hbond substituents is 1. The second kappa shape index (κ2) is 4.33. The molecule has 1 heterocycles. The van der Waals surface area contributed by atoms with Crippen molar-refractivity contribution in [2.24, 2.45) is 0 Å². The summed E-state index contributed by atoms with van der Waals surface area (Å²) in [5.74, 6) is -0.215. The largest absolute Gasteiger partial charge is 0.506 e. The minimum absolute atomic E-state index is 0.0138. The molecule has 0 saturated heterocycles. The van der Waals surface area contributed by atoms with Crippen molar-refractivity contribution in [3.8, 4) is 16.7 Å². The number of alkyl halides is 3. The van der Waals surface area contributed by atoms with Gasteiger partial charge in [0.1, 0.15) is 11.4 Å². The van der Waals surface area contributed by atoms with Gasteiger partial charge in [-0.2, -0.15) is 13.2 Å². The smallest absolute Gasteiger partial charge is 0.445 e. The number of aromatic nitrogens is 2. The maximum atomic E-state index is 12.3. The summed E-state index contributed by atoms with van der Waals surface area (Å²) >= 11 is 0.243. The highest BCUT2D eigenvalue weighted by molar-refractivity contribution is 7.13. The molecule has 1 aromatic heterocycles. The molecular weight excluding hydrogens is 271 g/mol. The van der Waals surface area contributed by atoms with Crippen LogP contribution in [-0.4, -0.2) is 15.3 Å². The molecule has 0 fully saturated rings. The summed E-state index contributed by atoms with van der Waals surface area (Å²) in [6.07, 6.45) is -4.57. The number of ether oxygens (including phenoxy) is 1. The van der Waals surface area contributed by atoms with Gasteiger partial charge in [0.05, 0.1) is 0 Å². The Kier molecular flexibility index (Phi) is 2.99. The van der Waals surface area contributed by atoms with E-state index in [-0.39, 0.29) is 33.7 Å². The summed E-state index contributed by atoms with van der Waals surface area (Å²) in [4.78, 5) is 0. The molecule has 0 aliphatic heterocycles. The number of phenols is 1. The van der Waals surface area contributed by atoms with Crippen LogP contribution in [0, 0.1) is 0 Å². The lowest BCUT2D eigenvalue weighted by atomic mass is 10.3. The minimum Gasteiger partial charge on any atom is -0.506 e. The molecule has 0 amide bonds. The van der Waals surface area contributed by atoms with Crippen molar-refractivity contribution in [2.75, 3.05) is 5.73 Å². The third kappa shape index (κ3) is 2.45. The summed E-state index contributed by atoms with van der Waals surface area (Å²) in [5, 5.41) is 14.1. The molecule has 2 aromatic rings. The Balaban J connectivity index is 2.24. The number of hydrogen-bond acceptors (Lipinski definition) is 6. The number of rotatable bonds is 2. The fourth-order valence-electron chi connectivity index (χ4n) is 1.08. The number of anilines is 1. The number of nitrogen functional groups attached to an aromatic ring is 1. The van der Waals surface area contributed by atoms with Crippen LogP contribution < -0.4 is 10.5 Å². The molecule has 0 bridgehead atoms. The van der Waals surface area contributed by atoms with Gasteiger partial charge in [0, 0.05) is 0 Å². The Hall–Kier alpha value is -2.03. The molecule has 0 saturated carbocycles. The molecule has 2 rings (SSSR count). The van der Waals surface area contributed by atoms with Crippen molar-refractivity contribution < 1.29 is 23.0 Å². The van der Waals surface area contributed by atoms with Crippen LogP contribution in [0.2, 0.25) is 0 Å². The van der Waals surface area contributed by atoms with Gasteiger partial charge in [-0.05, 0) is 12.1 Å². The topological polar surface area (TPSA) is 81.3 Å². The second-order valence-electron chi connectivity index (χ2n) is 3.16. The van der Waals surface area contributed by atoms with Crippen LogP contribution in [0.1, 0.15) is 5.01 Å². The molecule has 0 atom stereocenters. The van der Waals surface area contributed by atoms with Crippen LogP contribution in [0.3, 0.4) is 0 Å². The highest BCUT2D eigenvalue weighted by Crippen LogP contribution is 2.38. The standard InChI is InChI=1S/C9H6F3N3O2S/c10-9(11,12)7-14-15-8(18-7)17-5-3-1-2-4(16)6(5)13/h1-3,16H,13H2. The first kappa shape index (κ1) is 12.4. The minimum atomic E-state index is -4.57. The Bertz CT molecular complexity index is 570. The van der Waals surface area contributed by atoms with Crippen molar-refractivity contribution in [1.29, 1.82) is 0 Å². The van der Waals surface area contributed by atoms with Gasteiger partial charge in [-0.15, -0.1) is 5.10 Å². The first-order valence-corrected chi connectivity index (χ1v) is 5.35. The van der Waals surface area contributed by atoms with E-state index >= 15 is 0 Å². The molecule has 9 heteroatoms. The van der Waals surface area contributed by atoms with Crippen LogP contribution in [0.15, 0.2) is 18.2 Å². The van der Waals surface area contributed by atoms with Crippen molar-refractivity contribution >= 4 is 17.0 Å². The first-order chi connectivity index (χ1) is 8.38. The van der Waals surface area contributed by atoms with Crippen LogP contribution in [-0.2, 0) is 6.18 Å². The van der Waals surface area contributed by atoms with Gasteiger partial charge in [0.2, 0.25) is 5.01 Å². The van der Waals surface area contributed by atoms with E-state index in [1.807, 2.05) is 0 Å². The van der Waals surface area contributed by atoms with Gasteiger partial charge < -0.3 is 15.6 Å². The van der Waals surface area contributed by atoms with E-state index in [0.29, 0.717) is 0 Å². The van der Waals surface area contributed by atoms with E-state index in [0.717, 1.165) is 0 Å². The van der Waals surface area contributed by atoms with Gasteiger partial charge in [-0.25, -0.2) is 0 Å². The van der Waals surface area contributed by atoms with Crippen molar-refractivity contribution in [1.82, 2.24) is 10.2 Å². The molecule has 0 spiro atoms. The Morgan fingerprint density at radius 2 is 2.00 bits per heavy atom. The van der Waals surface area contributed by atoms with E-state index in [1.165, 1.54) is 18.2 Å². The van der Waals surface area contributed by atoms with Crippen molar-refractivity contribution in [3.05, 3.63) is 23.2 Å². The van der Waals surface area contributed by atoms with Gasteiger partial charge >= 0.3 is 6.18 Å². The zero-order valence-electron chi connectivity index (χ0n) is 8.60. The Morgan fingerprint density at radius 3 is 2.61 bits per heavy atom. The molecule has 0 aliphatic rings. The predicted octanol–water partition coefficient (Wildman–Crippen LogP) is 2.64. The number of halogens is 3. The summed E-state index contributed by atoms with van der Waals surface area (Å²) < 4.78 is 41.8. The monoisotopic (exact) mass is 277 g/mol. The van der Waals surface area contributed by atoms with Gasteiger partial charge in [0.25, 0.3) is 5.19 Å². The highest BCUT2D eigenvalue weighted by Gasteiger charge is 2.36. The van der Waals surface area contributed by atoms with Crippen molar-refractivity contribution in [3.63, 3.8) is 0 Å². The molecule has 0 radical (unpaired) electrons. The van der Waals surface area contributed by atoms with E-state index < -0.39 is 11.2 Å². The molecule has 96 valence electrons. The maximum absolute atomic E-state index is 12.3. The molecule has 3 N–H and O–H groups in total. The summed E-state index contributed by atoms with van der Waals surface area (Å²) in [6, 6.07) is 4.15. The molecule has 18 heavy (non-hydrogen) atoms. The highest BCUT2D eigenvalue weighted by atomic mass is 32.1. The maximum Gasteiger partial charge on any atom is 0.445 e. The zero-order valence-corrected chi connectivity index (χ0v) is 9.42. The second-order valence-corrected chi connectivity index (χ2v) is 4.10. The lowest BCUT2D eigenvalue weighted by Crippen LogP contribution is -2.03. The third-order valence-corrected chi connectivity index (χ3v) is 2.74. The fourth-order valence-corrected chi connectivity index (χ4v) is 1.66. The number of nitrogens with zero attached hydrogens (tertiary/aromatic N) is 2. The number of nitrogens with two attached hydrogens (primary N) is 1. The van der Waals surface area contributed by atoms with Crippen LogP contribution in [0.5, 0.6) is 16.7 Å². The fraction of sp³-hybridized carbons (Fsp3) is 0.111. The lowest BCUT2D eigenvalue weighted by Gasteiger charge is -2.05. The molecule has 1 aromatic carbocycles. The van der Waals surface area contributed by atoms with Crippen LogP contribution in [0.25, 0.3) is 0 Å². The predicted molar refractivity (Wildman–Crippen MR) is 57.5 cm³/mol. The van der Waals surface area contributed by atoms with E-state index in [1.54, 1.807) is 0 Å². The first-order valence-electron chi connectivity index (χ1n) is 4.54. The van der Waals surface area contributed by atoms with E-state index in [2.05, 4.69) is 10.2 Å². The lowest BCUT2D eigenvalue weighted by molar-refractivity contribution is -0.138. The quantitative estimate of drug-likeness (QED) is 0.651. The molecule has 0 unspecified atom stereocenters. The normalized spacial score (nSPS) is 11.5. The Morgan fingerprint density at radius 1 is 1.28 bits per heavy atom. The van der Waals surface area contributed by atoms with Gasteiger partial charge in [-0.3, -0.25) is 0 Å². The average molecular weight is 277 g/mol. The zero-order chi connectivity index (χ0) is 13.3. The molecular formula is C9H6F3N3O2S. The van der Waals surface area contributed by atoms with E-state index in [4.69, 9.17) is 10.5 Å². The summed E-state index contributed by atoms with van der Waals surface area (Å²) in [5.41, 5.74) is 5.40. The Labute approximate surface area is 103 Å². The van der Waals surface area contributed by atoms with Crippen LogP contribution >= 0.6 is 11.3 Å². The summed E-state index contributed by atoms with van der Waals surface area (Å²) in [7, 11) is 0. The average Bonchev–Trinajstić information content (AvgIpc) is 2.73. The van der Waals surface area contributed by atoms with Crippen molar-refractivity contribution in [2.45, 2.75) is 6.18 Å². The molecule has 5 nitrogen and oxygen atoms in total. The molecule has 0 aliphatic carbocycles.